The maximum atomic E-state index is 6.43. The van der Waals surface area contributed by atoms with Crippen LogP contribution in [0.5, 0.6) is 0 Å². The van der Waals surface area contributed by atoms with Gasteiger partial charge in [0.2, 0.25) is 0 Å². The number of hydrogen-bond acceptors (Lipinski definition) is 4. The number of aromatic nitrogens is 3. The Morgan fingerprint density at radius 2 is 1.12 bits per heavy atom. The Morgan fingerprint density at radius 1 is 0.442 bits per heavy atom. The highest BCUT2D eigenvalue weighted by Gasteiger charge is 2.18. The van der Waals surface area contributed by atoms with Crippen LogP contribution in [0.15, 0.2) is 162 Å². The van der Waals surface area contributed by atoms with Crippen LogP contribution in [-0.2, 0) is 7.05 Å². The number of thiophene rings is 1. The van der Waals surface area contributed by atoms with Crippen molar-refractivity contribution in [1.29, 1.82) is 0 Å². The van der Waals surface area contributed by atoms with E-state index in [4.69, 9.17) is 14.4 Å². The SMILES string of the molecule is Cn1c2ccccc2c2cc(-c3cccc(-c4nc(-c5ccccc5)cc(-c5ccc6oc7ccc8sc9ccccc9c8c7c6c5)n4)c3)ccc21. The van der Waals surface area contributed by atoms with Gasteiger partial charge in [0.25, 0.3) is 0 Å². The van der Waals surface area contributed by atoms with Gasteiger partial charge in [0.15, 0.2) is 5.82 Å². The Balaban J connectivity index is 1.09. The third-order valence-corrected chi connectivity index (χ3v) is 11.6. The Labute approximate surface area is 302 Å². The van der Waals surface area contributed by atoms with Crippen molar-refractivity contribution >= 4 is 75.3 Å². The smallest absolute Gasteiger partial charge is 0.160 e. The van der Waals surface area contributed by atoms with Crippen molar-refractivity contribution < 1.29 is 4.42 Å². The van der Waals surface area contributed by atoms with E-state index in [9.17, 15) is 0 Å². The molecular formula is C47H29N3OS. The van der Waals surface area contributed by atoms with Crippen LogP contribution in [0.4, 0.5) is 0 Å². The molecule has 4 heterocycles. The molecule has 0 atom stereocenters. The summed E-state index contributed by atoms with van der Waals surface area (Å²) in [6.45, 7) is 0. The van der Waals surface area contributed by atoms with Crippen LogP contribution in [0, 0.1) is 0 Å². The molecule has 52 heavy (non-hydrogen) atoms. The van der Waals surface area contributed by atoms with Crippen molar-refractivity contribution in [1.82, 2.24) is 14.5 Å². The van der Waals surface area contributed by atoms with Gasteiger partial charge in [0.05, 0.1) is 11.4 Å². The first kappa shape index (κ1) is 29.2. The van der Waals surface area contributed by atoms with Gasteiger partial charge in [0, 0.05) is 76.5 Å². The molecule has 11 aromatic rings. The summed E-state index contributed by atoms with van der Waals surface area (Å²) >= 11 is 1.83. The third-order valence-electron chi connectivity index (χ3n) is 10.4. The predicted octanol–water partition coefficient (Wildman–Crippen LogP) is 13.1. The number of aryl methyl sites for hydroxylation is 1. The van der Waals surface area contributed by atoms with Gasteiger partial charge >= 0.3 is 0 Å². The lowest BCUT2D eigenvalue weighted by atomic mass is 10.00. The summed E-state index contributed by atoms with van der Waals surface area (Å²) in [5.41, 5.74) is 11.3. The van der Waals surface area contributed by atoms with E-state index in [1.165, 1.54) is 42.0 Å². The molecule has 0 fully saturated rings. The molecule has 0 N–H and O–H groups in total. The molecule has 7 aromatic carbocycles. The molecule has 4 aromatic heterocycles. The molecule has 0 aliphatic heterocycles. The van der Waals surface area contributed by atoms with Crippen LogP contribution in [0.1, 0.15) is 0 Å². The lowest BCUT2D eigenvalue weighted by Gasteiger charge is -2.11. The molecule has 4 nitrogen and oxygen atoms in total. The molecule has 0 bridgehead atoms. The molecule has 0 spiro atoms. The number of nitrogens with zero attached hydrogens (tertiary/aromatic N) is 3. The van der Waals surface area contributed by atoms with Crippen molar-refractivity contribution in [3.8, 4) is 45.0 Å². The van der Waals surface area contributed by atoms with Crippen molar-refractivity contribution in [3.63, 3.8) is 0 Å². The zero-order chi connectivity index (χ0) is 34.3. The molecule has 0 amide bonds. The molecule has 5 heteroatoms. The molecular weight excluding hydrogens is 655 g/mol. The average molecular weight is 684 g/mol. The number of hydrogen-bond donors (Lipinski definition) is 0. The second-order valence-electron chi connectivity index (χ2n) is 13.4. The maximum Gasteiger partial charge on any atom is 0.160 e. The quantitative estimate of drug-likeness (QED) is 0.185. The van der Waals surface area contributed by atoms with Crippen LogP contribution in [0.2, 0.25) is 0 Å². The Kier molecular flexibility index (Phi) is 6.30. The molecule has 0 saturated heterocycles. The summed E-state index contributed by atoms with van der Waals surface area (Å²) in [6, 6.07) is 55.8. The van der Waals surface area contributed by atoms with Gasteiger partial charge in [0.1, 0.15) is 11.2 Å². The zero-order valence-electron chi connectivity index (χ0n) is 28.2. The number of para-hydroxylation sites is 1. The number of rotatable bonds is 4. The molecule has 0 saturated carbocycles. The van der Waals surface area contributed by atoms with Gasteiger partial charge in [-0.05, 0) is 77.9 Å². The van der Waals surface area contributed by atoms with Crippen LogP contribution in [0.3, 0.4) is 0 Å². The van der Waals surface area contributed by atoms with Gasteiger partial charge in [-0.3, -0.25) is 0 Å². The zero-order valence-corrected chi connectivity index (χ0v) is 29.0. The Bertz CT molecular complexity index is 3200. The minimum atomic E-state index is 0.688. The molecule has 0 aliphatic carbocycles. The first-order valence-corrected chi connectivity index (χ1v) is 18.3. The minimum absolute atomic E-state index is 0.688. The van der Waals surface area contributed by atoms with E-state index in [0.717, 1.165) is 61.1 Å². The fraction of sp³-hybridized carbons (Fsp3) is 0.0213. The monoisotopic (exact) mass is 683 g/mol. The highest BCUT2D eigenvalue weighted by Crippen LogP contribution is 2.43. The number of furan rings is 1. The van der Waals surface area contributed by atoms with Gasteiger partial charge < -0.3 is 8.98 Å². The van der Waals surface area contributed by atoms with E-state index in [1.807, 2.05) is 17.4 Å². The third kappa shape index (κ3) is 4.46. The molecule has 0 unspecified atom stereocenters. The highest BCUT2D eigenvalue weighted by molar-refractivity contribution is 7.26. The van der Waals surface area contributed by atoms with E-state index in [2.05, 4.69) is 163 Å². The second-order valence-corrected chi connectivity index (χ2v) is 14.5. The summed E-state index contributed by atoms with van der Waals surface area (Å²) in [7, 11) is 2.14. The van der Waals surface area contributed by atoms with Gasteiger partial charge in [-0.1, -0.05) is 91.0 Å². The average Bonchev–Trinajstić information content (AvgIpc) is 3.87. The van der Waals surface area contributed by atoms with E-state index >= 15 is 0 Å². The minimum Gasteiger partial charge on any atom is -0.456 e. The summed E-state index contributed by atoms with van der Waals surface area (Å²) in [5, 5.41) is 7.27. The molecule has 11 rings (SSSR count). The largest absolute Gasteiger partial charge is 0.456 e. The first-order valence-electron chi connectivity index (χ1n) is 17.5. The van der Waals surface area contributed by atoms with E-state index in [0.29, 0.717) is 5.82 Å². The lowest BCUT2D eigenvalue weighted by Crippen LogP contribution is -1.96. The topological polar surface area (TPSA) is 43.9 Å². The Morgan fingerprint density at radius 3 is 2.02 bits per heavy atom. The molecule has 0 aliphatic rings. The van der Waals surface area contributed by atoms with E-state index < -0.39 is 0 Å². The van der Waals surface area contributed by atoms with Crippen molar-refractivity contribution in [2.24, 2.45) is 7.05 Å². The summed E-state index contributed by atoms with van der Waals surface area (Å²) < 4.78 is 11.2. The second kappa shape index (κ2) is 11.2. The van der Waals surface area contributed by atoms with Gasteiger partial charge in [-0.2, -0.15) is 0 Å². The van der Waals surface area contributed by atoms with Crippen LogP contribution >= 0.6 is 11.3 Å². The standard InChI is InChI=1S/C47H29N3OS/c1-50-39-16-7-5-14-33(39)35-25-30(18-20-40(35)50)29-12-9-13-32(24-29)47-48-37(28-10-3-2-4-11-28)27-38(49-47)31-19-21-41-36(26-31)45-42(51-41)22-23-44-46(45)34-15-6-8-17-43(34)52-44/h2-27H,1H3. The van der Waals surface area contributed by atoms with Crippen LogP contribution in [0.25, 0.3) is 109 Å². The first-order chi connectivity index (χ1) is 25.7. The normalized spacial score (nSPS) is 11.9. The summed E-state index contributed by atoms with van der Waals surface area (Å²) in [5.74, 6) is 0.688. The maximum absolute atomic E-state index is 6.43. The van der Waals surface area contributed by atoms with Crippen molar-refractivity contribution in [3.05, 3.63) is 158 Å². The molecule has 244 valence electrons. The van der Waals surface area contributed by atoms with Gasteiger partial charge in [-0.15, -0.1) is 11.3 Å². The highest BCUT2D eigenvalue weighted by atomic mass is 32.1. The van der Waals surface area contributed by atoms with Crippen molar-refractivity contribution in [2.75, 3.05) is 0 Å². The van der Waals surface area contributed by atoms with Gasteiger partial charge in [-0.25, -0.2) is 9.97 Å². The fourth-order valence-electron chi connectivity index (χ4n) is 7.91. The Hall–Kier alpha value is -6.56. The molecule has 0 radical (unpaired) electrons. The lowest BCUT2D eigenvalue weighted by molar-refractivity contribution is 0.669. The number of fused-ring (bicyclic) bond motifs is 10. The van der Waals surface area contributed by atoms with Crippen LogP contribution in [-0.4, -0.2) is 14.5 Å². The number of benzene rings is 7. The summed E-state index contributed by atoms with van der Waals surface area (Å²) in [4.78, 5) is 10.4. The predicted molar refractivity (Wildman–Crippen MR) is 218 cm³/mol. The van der Waals surface area contributed by atoms with E-state index in [-0.39, 0.29) is 0 Å². The summed E-state index contributed by atoms with van der Waals surface area (Å²) in [6.07, 6.45) is 0. The fourth-order valence-corrected chi connectivity index (χ4v) is 9.02. The van der Waals surface area contributed by atoms with Crippen LogP contribution < -0.4 is 0 Å². The van der Waals surface area contributed by atoms with E-state index in [1.54, 1.807) is 0 Å². The van der Waals surface area contributed by atoms with Crippen molar-refractivity contribution in [2.45, 2.75) is 0 Å².